The van der Waals surface area contributed by atoms with Crippen molar-refractivity contribution in [2.24, 2.45) is 5.92 Å². The molecule has 36 heavy (non-hydrogen) atoms. The number of carbonyl (C=O) groups excluding carboxylic acids is 1. The van der Waals surface area contributed by atoms with Gasteiger partial charge in [0.25, 0.3) is 0 Å². The number of carbonyl (C=O) groups is 1. The summed E-state index contributed by atoms with van der Waals surface area (Å²) in [6, 6.07) is 16.2. The van der Waals surface area contributed by atoms with E-state index in [0.29, 0.717) is 24.8 Å². The van der Waals surface area contributed by atoms with Gasteiger partial charge in [-0.15, -0.1) is 0 Å². The van der Waals surface area contributed by atoms with E-state index in [4.69, 9.17) is 9.26 Å². The first-order valence-corrected chi connectivity index (χ1v) is 13.0. The van der Waals surface area contributed by atoms with Crippen molar-refractivity contribution in [2.45, 2.75) is 45.2 Å². The summed E-state index contributed by atoms with van der Waals surface area (Å²) in [5.41, 5.74) is 3.32. The summed E-state index contributed by atoms with van der Waals surface area (Å²) in [7, 11) is 1.64. The van der Waals surface area contributed by atoms with Gasteiger partial charge in [0, 0.05) is 36.8 Å². The molecular formula is C28H35N5O3. The fourth-order valence-electron chi connectivity index (χ4n) is 5.03. The largest absolute Gasteiger partial charge is 0.497 e. The Morgan fingerprint density at radius 3 is 2.42 bits per heavy atom. The van der Waals surface area contributed by atoms with Crippen molar-refractivity contribution < 1.29 is 14.1 Å². The van der Waals surface area contributed by atoms with E-state index in [1.54, 1.807) is 7.11 Å². The fourth-order valence-corrected chi connectivity index (χ4v) is 5.03. The maximum Gasteiger partial charge on any atom is 0.241 e. The van der Waals surface area contributed by atoms with E-state index in [2.05, 4.69) is 49.5 Å². The van der Waals surface area contributed by atoms with Crippen molar-refractivity contribution in [3.05, 3.63) is 60.0 Å². The lowest BCUT2D eigenvalue weighted by molar-refractivity contribution is -0.126. The minimum atomic E-state index is 0.0476. The smallest absolute Gasteiger partial charge is 0.241 e. The maximum atomic E-state index is 12.8. The van der Waals surface area contributed by atoms with Gasteiger partial charge < -0.3 is 19.5 Å². The first-order chi connectivity index (χ1) is 17.7. The predicted octanol–water partition coefficient (Wildman–Crippen LogP) is 4.26. The highest BCUT2D eigenvalue weighted by atomic mass is 16.5. The van der Waals surface area contributed by atoms with E-state index in [9.17, 15) is 4.79 Å². The standard InChI is InChI=1S/C28H35N5O3/c1-35-25-11-7-22(8-12-25)27-30-26(36-31-27)20-32-17-13-23(14-18-32)28(34)29-19-21-5-9-24(10-6-21)33-15-3-2-4-16-33/h5-12,23H,2-4,13-20H2,1H3,(H,29,34). The molecule has 3 heterocycles. The van der Waals surface area contributed by atoms with Gasteiger partial charge in [-0.3, -0.25) is 9.69 Å². The lowest BCUT2D eigenvalue weighted by Gasteiger charge is -2.30. The van der Waals surface area contributed by atoms with E-state index in [-0.39, 0.29) is 11.8 Å². The topological polar surface area (TPSA) is 83.7 Å². The Labute approximate surface area is 212 Å². The number of benzene rings is 2. The van der Waals surface area contributed by atoms with E-state index < -0.39 is 0 Å². The zero-order valence-corrected chi connectivity index (χ0v) is 21.0. The molecule has 0 unspecified atom stereocenters. The number of ether oxygens (including phenoxy) is 1. The minimum absolute atomic E-state index is 0.0476. The molecule has 2 fully saturated rings. The first kappa shape index (κ1) is 24.3. The highest BCUT2D eigenvalue weighted by Crippen LogP contribution is 2.23. The zero-order valence-electron chi connectivity index (χ0n) is 21.0. The molecule has 1 N–H and O–H groups in total. The van der Waals surface area contributed by atoms with Crippen LogP contribution in [0.3, 0.4) is 0 Å². The van der Waals surface area contributed by atoms with E-state index in [1.807, 2.05) is 24.3 Å². The number of piperidine rings is 2. The van der Waals surface area contributed by atoms with E-state index in [0.717, 1.165) is 55.9 Å². The number of rotatable bonds is 8. The van der Waals surface area contributed by atoms with Gasteiger partial charge in [-0.2, -0.15) is 4.98 Å². The second kappa shape index (κ2) is 11.6. The molecule has 2 saturated heterocycles. The van der Waals surface area contributed by atoms with Crippen molar-refractivity contribution in [2.75, 3.05) is 38.2 Å². The average molecular weight is 490 g/mol. The Morgan fingerprint density at radius 1 is 1.00 bits per heavy atom. The molecule has 0 radical (unpaired) electrons. The molecule has 0 bridgehead atoms. The number of nitrogens with zero attached hydrogens (tertiary/aromatic N) is 4. The van der Waals surface area contributed by atoms with Crippen LogP contribution in [0.15, 0.2) is 53.1 Å². The third-order valence-electron chi connectivity index (χ3n) is 7.26. The van der Waals surface area contributed by atoms with Gasteiger partial charge in [0.15, 0.2) is 0 Å². The van der Waals surface area contributed by atoms with Crippen molar-refractivity contribution in [1.29, 1.82) is 0 Å². The van der Waals surface area contributed by atoms with Gasteiger partial charge in [0.1, 0.15) is 5.75 Å². The van der Waals surface area contributed by atoms with Crippen molar-refractivity contribution >= 4 is 11.6 Å². The van der Waals surface area contributed by atoms with Crippen LogP contribution in [0.5, 0.6) is 5.75 Å². The summed E-state index contributed by atoms with van der Waals surface area (Å²) < 4.78 is 10.7. The molecule has 190 valence electrons. The zero-order chi connectivity index (χ0) is 24.7. The van der Waals surface area contributed by atoms with E-state index >= 15 is 0 Å². The molecule has 2 aromatic carbocycles. The van der Waals surface area contributed by atoms with Gasteiger partial charge >= 0.3 is 0 Å². The maximum absolute atomic E-state index is 12.8. The van der Waals surface area contributed by atoms with Crippen molar-refractivity contribution in [1.82, 2.24) is 20.4 Å². The molecule has 0 spiro atoms. The molecule has 1 aromatic heterocycles. The molecule has 8 nitrogen and oxygen atoms in total. The van der Waals surface area contributed by atoms with Crippen LogP contribution in [0.2, 0.25) is 0 Å². The lowest BCUT2D eigenvalue weighted by atomic mass is 9.96. The highest BCUT2D eigenvalue weighted by Gasteiger charge is 2.26. The minimum Gasteiger partial charge on any atom is -0.497 e. The molecule has 0 saturated carbocycles. The summed E-state index contributed by atoms with van der Waals surface area (Å²) in [5, 5.41) is 7.26. The second-order valence-electron chi connectivity index (χ2n) is 9.72. The van der Waals surface area contributed by atoms with Crippen molar-refractivity contribution in [3.63, 3.8) is 0 Å². The molecule has 8 heteroatoms. The van der Waals surface area contributed by atoms with Gasteiger partial charge in [-0.1, -0.05) is 17.3 Å². The van der Waals surface area contributed by atoms with Gasteiger partial charge in [-0.25, -0.2) is 0 Å². The third-order valence-corrected chi connectivity index (χ3v) is 7.26. The molecule has 2 aliphatic rings. The van der Waals surface area contributed by atoms with Crippen LogP contribution in [0.25, 0.3) is 11.4 Å². The normalized spacial score (nSPS) is 17.2. The monoisotopic (exact) mass is 489 g/mol. The van der Waals surface area contributed by atoms with E-state index in [1.165, 1.54) is 24.9 Å². The van der Waals surface area contributed by atoms with Crippen molar-refractivity contribution in [3.8, 4) is 17.1 Å². The molecule has 2 aliphatic heterocycles. The van der Waals surface area contributed by atoms with Crippen LogP contribution in [-0.2, 0) is 17.9 Å². The fraction of sp³-hybridized carbons (Fsp3) is 0.464. The Hall–Kier alpha value is -3.39. The number of amides is 1. The molecule has 3 aromatic rings. The number of hydrogen-bond acceptors (Lipinski definition) is 7. The number of aromatic nitrogens is 2. The van der Waals surface area contributed by atoms with Crippen LogP contribution in [-0.4, -0.2) is 54.2 Å². The van der Waals surface area contributed by atoms with Crippen LogP contribution in [0, 0.1) is 5.92 Å². The SMILES string of the molecule is COc1ccc(-c2noc(CN3CCC(C(=O)NCc4ccc(N5CCCCC5)cc4)CC3)n2)cc1. The average Bonchev–Trinajstić information content (AvgIpc) is 3.41. The molecule has 0 atom stereocenters. The number of methoxy groups -OCH3 is 1. The van der Waals surface area contributed by atoms with Gasteiger partial charge in [-0.05, 0) is 87.2 Å². The summed E-state index contributed by atoms with van der Waals surface area (Å²) in [4.78, 5) is 22.0. The Kier molecular flexibility index (Phi) is 7.81. The molecule has 5 rings (SSSR count). The summed E-state index contributed by atoms with van der Waals surface area (Å²) in [6.07, 6.45) is 5.55. The quantitative estimate of drug-likeness (QED) is 0.506. The second-order valence-corrected chi connectivity index (χ2v) is 9.72. The predicted molar refractivity (Wildman–Crippen MR) is 139 cm³/mol. The van der Waals surface area contributed by atoms with Gasteiger partial charge in [0.05, 0.1) is 13.7 Å². The Morgan fingerprint density at radius 2 is 1.72 bits per heavy atom. The number of anilines is 1. The molecule has 1 amide bonds. The molecular weight excluding hydrogens is 454 g/mol. The molecule has 0 aliphatic carbocycles. The Balaban J connectivity index is 1.05. The van der Waals surface area contributed by atoms with Gasteiger partial charge in [0.2, 0.25) is 17.6 Å². The van der Waals surface area contributed by atoms with Crippen LogP contribution >= 0.6 is 0 Å². The summed E-state index contributed by atoms with van der Waals surface area (Å²) in [5.74, 6) is 2.16. The summed E-state index contributed by atoms with van der Waals surface area (Å²) in [6.45, 7) is 5.14. The van der Waals surface area contributed by atoms with Crippen LogP contribution in [0.4, 0.5) is 5.69 Å². The number of nitrogens with one attached hydrogen (secondary N) is 1. The Bertz CT molecular complexity index is 1110. The lowest BCUT2D eigenvalue weighted by Crippen LogP contribution is -2.40. The first-order valence-electron chi connectivity index (χ1n) is 13.0. The third kappa shape index (κ3) is 6.05. The van der Waals surface area contributed by atoms with Crippen LogP contribution < -0.4 is 15.0 Å². The number of hydrogen-bond donors (Lipinski definition) is 1. The summed E-state index contributed by atoms with van der Waals surface area (Å²) >= 11 is 0. The number of likely N-dealkylation sites (tertiary alicyclic amines) is 1. The highest BCUT2D eigenvalue weighted by molar-refractivity contribution is 5.78. The van der Waals surface area contributed by atoms with Crippen LogP contribution in [0.1, 0.15) is 43.6 Å².